The van der Waals surface area contributed by atoms with Crippen molar-refractivity contribution in [1.29, 1.82) is 0 Å². The first-order valence-corrected chi connectivity index (χ1v) is 4.40. The molecule has 0 aromatic heterocycles. The van der Waals surface area contributed by atoms with Crippen molar-refractivity contribution < 1.29 is 9.59 Å². The highest BCUT2D eigenvalue weighted by Crippen LogP contribution is 2.05. The maximum Gasteiger partial charge on any atom is 0.217 e. The normalized spacial score (nSPS) is 10.9. The number of halogens is 1. The SMILES string of the molecule is CC(=O)NC(C)(C)C(=O)CBr. The van der Waals surface area contributed by atoms with E-state index in [9.17, 15) is 9.59 Å². The lowest BCUT2D eigenvalue weighted by Crippen LogP contribution is -2.49. The summed E-state index contributed by atoms with van der Waals surface area (Å²) in [6.07, 6.45) is 0. The van der Waals surface area contributed by atoms with Gasteiger partial charge in [0.1, 0.15) is 0 Å². The van der Waals surface area contributed by atoms with Crippen molar-refractivity contribution in [2.24, 2.45) is 0 Å². The quantitative estimate of drug-likeness (QED) is 0.720. The zero-order valence-electron chi connectivity index (χ0n) is 6.90. The number of alkyl halides is 1. The van der Waals surface area contributed by atoms with Gasteiger partial charge in [-0.05, 0) is 13.8 Å². The lowest BCUT2D eigenvalue weighted by atomic mass is 10.0. The summed E-state index contributed by atoms with van der Waals surface area (Å²) in [7, 11) is 0. The molecule has 1 N–H and O–H groups in total. The molecule has 0 heterocycles. The second-order valence-electron chi connectivity index (χ2n) is 2.86. The number of Topliss-reactive ketones (excluding diaryl/α,β-unsaturated/α-hetero) is 1. The Morgan fingerprint density at radius 3 is 2.18 bits per heavy atom. The molecule has 1 amide bonds. The van der Waals surface area contributed by atoms with Crippen LogP contribution in [0, 0.1) is 0 Å². The van der Waals surface area contributed by atoms with Gasteiger partial charge < -0.3 is 5.32 Å². The number of carbonyl (C=O) groups is 2. The van der Waals surface area contributed by atoms with Gasteiger partial charge in [-0.15, -0.1) is 0 Å². The lowest BCUT2D eigenvalue weighted by molar-refractivity contribution is -0.128. The monoisotopic (exact) mass is 221 g/mol. The van der Waals surface area contributed by atoms with Crippen LogP contribution >= 0.6 is 15.9 Å². The number of ketones is 1. The number of hydrogen-bond donors (Lipinski definition) is 1. The van der Waals surface area contributed by atoms with Crippen molar-refractivity contribution in [2.45, 2.75) is 26.3 Å². The second kappa shape index (κ2) is 3.85. The zero-order valence-corrected chi connectivity index (χ0v) is 8.49. The Balaban J connectivity index is 4.21. The van der Waals surface area contributed by atoms with Gasteiger partial charge in [-0.1, -0.05) is 15.9 Å². The Morgan fingerprint density at radius 2 is 1.91 bits per heavy atom. The van der Waals surface area contributed by atoms with Crippen LogP contribution in [-0.4, -0.2) is 22.6 Å². The summed E-state index contributed by atoms with van der Waals surface area (Å²) in [6, 6.07) is 0. The predicted molar refractivity (Wildman–Crippen MR) is 46.7 cm³/mol. The highest BCUT2D eigenvalue weighted by Gasteiger charge is 2.26. The fourth-order valence-electron chi connectivity index (χ4n) is 0.677. The van der Waals surface area contributed by atoms with Crippen LogP contribution in [0.15, 0.2) is 0 Å². The first-order valence-electron chi connectivity index (χ1n) is 3.28. The molecule has 11 heavy (non-hydrogen) atoms. The standard InChI is InChI=1S/C7H12BrNO2/c1-5(10)9-7(2,3)6(11)4-8/h4H2,1-3H3,(H,9,10). The first kappa shape index (κ1) is 10.6. The van der Waals surface area contributed by atoms with Crippen LogP contribution in [-0.2, 0) is 9.59 Å². The van der Waals surface area contributed by atoms with E-state index in [2.05, 4.69) is 21.2 Å². The largest absolute Gasteiger partial charge is 0.344 e. The Labute approximate surface area is 74.7 Å². The van der Waals surface area contributed by atoms with Gasteiger partial charge in [-0.25, -0.2) is 0 Å². The molecule has 0 bridgehead atoms. The third kappa shape index (κ3) is 3.51. The van der Waals surface area contributed by atoms with Gasteiger partial charge in [0.2, 0.25) is 5.91 Å². The van der Waals surface area contributed by atoms with Gasteiger partial charge in [-0.2, -0.15) is 0 Å². The number of hydrogen-bond acceptors (Lipinski definition) is 2. The van der Waals surface area contributed by atoms with Crippen LogP contribution in [0.25, 0.3) is 0 Å². The number of nitrogens with one attached hydrogen (secondary N) is 1. The third-order valence-electron chi connectivity index (χ3n) is 1.31. The van der Waals surface area contributed by atoms with Gasteiger partial charge in [-0.3, -0.25) is 9.59 Å². The zero-order chi connectivity index (χ0) is 9.07. The lowest BCUT2D eigenvalue weighted by Gasteiger charge is -2.22. The maximum absolute atomic E-state index is 11.1. The van der Waals surface area contributed by atoms with E-state index < -0.39 is 5.54 Å². The molecular formula is C7H12BrNO2. The Hall–Kier alpha value is -0.380. The minimum absolute atomic E-state index is 0.0345. The molecule has 0 radical (unpaired) electrons. The molecule has 0 aliphatic carbocycles. The van der Waals surface area contributed by atoms with E-state index >= 15 is 0 Å². The minimum atomic E-state index is -0.755. The van der Waals surface area contributed by atoms with E-state index in [-0.39, 0.29) is 17.0 Å². The summed E-state index contributed by atoms with van der Waals surface area (Å²) in [6.45, 7) is 4.75. The molecule has 4 heteroatoms. The fourth-order valence-corrected chi connectivity index (χ4v) is 1.38. The van der Waals surface area contributed by atoms with Gasteiger partial charge in [0.15, 0.2) is 5.78 Å². The molecule has 64 valence electrons. The van der Waals surface area contributed by atoms with Crippen molar-refractivity contribution in [1.82, 2.24) is 5.32 Å². The van der Waals surface area contributed by atoms with E-state index in [1.54, 1.807) is 13.8 Å². The topological polar surface area (TPSA) is 46.2 Å². The highest BCUT2D eigenvalue weighted by molar-refractivity contribution is 9.09. The van der Waals surface area contributed by atoms with Crippen LogP contribution < -0.4 is 5.32 Å². The molecule has 0 fully saturated rings. The maximum atomic E-state index is 11.1. The van der Waals surface area contributed by atoms with Gasteiger partial charge in [0, 0.05) is 6.92 Å². The summed E-state index contributed by atoms with van der Waals surface area (Å²) in [5.74, 6) is -0.225. The molecule has 0 aliphatic heterocycles. The summed E-state index contributed by atoms with van der Waals surface area (Å²) < 4.78 is 0. The van der Waals surface area contributed by atoms with E-state index in [1.807, 2.05) is 0 Å². The summed E-state index contributed by atoms with van der Waals surface area (Å²) >= 11 is 3.04. The molecule has 0 rings (SSSR count). The minimum Gasteiger partial charge on any atom is -0.344 e. The van der Waals surface area contributed by atoms with Crippen LogP contribution in [0.1, 0.15) is 20.8 Å². The Bertz CT molecular complexity index is 177. The van der Waals surface area contributed by atoms with Gasteiger partial charge in [0.25, 0.3) is 0 Å². The molecule has 3 nitrogen and oxygen atoms in total. The second-order valence-corrected chi connectivity index (χ2v) is 3.42. The fraction of sp³-hybridized carbons (Fsp3) is 0.714. The van der Waals surface area contributed by atoms with E-state index in [1.165, 1.54) is 6.92 Å². The molecule has 0 spiro atoms. The van der Waals surface area contributed by atoms with Crippen LogP contribution in [0.3, 0.4) is 0 Å². The first-order chi connectivity index (χ1) is 4.90. The van der Waals surface area contributed by atoms with Crippen molar-refractivity contribution >= 4 is 27.6 Å². The van der Waals surface area contributed by atoms with E-state index in [0.717, 1.165) is 0 Å². The van der Waals surface area contributed by atoms with E-state index in [4.69, 9.17) is 0 Å². The van der Waals surface area contributed by atoms with Gasteiger partial charge >= 0.3 is 0 Å². The molecule has 0 aromatic rings. The molecule has 0 atom stereocenters. The summed E-state index contributed by atoms with van der Waals surface area (Å²) in [5, 5.41) is 2.82. The molecule has 0 aromatic carbocycles. The predicted octanol–water partition coefficient (Wildman–Crippen LogP) is 0.865. The van der Waals surface area contributed by atoms with Crippen LogP contribution in [0.5, 0.6) is 0 Å². The van der Waals surface area contributed by atoms with Crippen molar-refractivity contribution in [3.05, 3.63) is 0 Å². The van der Waals surface area contributed by atoms with Gasteiger partial charge in [0.05, 0.1) is 10.9 Å². The van der Waals surface area contributed by atoms with Crippen LogP contribution in [0.4, 0.5) is 0 Å². The average Bonchev–Trinajstić information content (AvgIpc) is 1.83. The summed E-state index contributed by atoms with van der Waals surface area (Å²) in [4.78, 5) is 21.7. The molecule has 0 saturated carbocycles. The Morgan fingerprint density at radius 1 is 1.45 bits per heavy atom. The molecule has 0 aliphatic rings. The van der Waals surface area contributed by atoms with Crippen LogP contribution in [0.2, 0.25) is 0 Å². The number of carbonyl (C=O) groups excluding carboxylic acids is 2. The molecule has 0 unspecified atom stereocenters. The third-order valence-corrected chi connectivity index (χ3v) is 1.82. The van der Waals surface area contributed by atoms with Crippen molar-refractivity contribution in [3.63, 3.8) is 0 Å². The smallest absolute Gasteiger partial charge is 0.217 e. The molecular weight excluding hydrogens is 210 g/mol. The number of rotatable bonds is 3. The van der Waals surface area contributed by atoms with Crippen molar-refractivity contribution in [2.75, 3.05) is 5.33 Å². The summed E-state index contributed by atoms with van der Waals surface area (Å²) in [5.41, 5.74) is -0.755. The highest BCUT2D eigenvalue weighted by atomic mass is 79.9. The molecule has 0 saturated heterocycles. The Kier molecular flexibility index (Phi) is 3.72. The number of amides is 1. The van der Waals surface area contributed by atoms with Crippen molar-refractivity contribution in [3.8, 4) is 0 Å². The van der Waals surface area contributed by atoms with E-state index in [0.29, 0.717) is 0 Å². The average molecular weight is 222 g/mol.